The highest BCUT2D eigenvalue weighted by atomic mass is 16.6. The molecule has 448 valence electrons. The molecule has 2 aliphatic carbocycles. The minimum absolute atomic E-state index is 0.0122. The fraction of sp³-hybridized carbons (Fsp3) is 0.424. The molecule has 20 heteroatoms. The highest BCUT2D eigenvalue weighted by Gasteiger charge is 2.39. The van der Waals surface area contributed by atoms with Gasteiger partial charge in [0.15, 0.2) is 17.4 Å². The van der Waals surface area contributed by atoms with E-state index < -0.39 is 30.0 Å². The summed E-state index contributed by atoms with van der Waals surface area (Å²) in [5.41, 5.74) is 3.27. The molecule has 2 saturated carbocycles. The Kier molecular flexibility index (Phi) is 18.7. The van der Waals surface area contributed by atoms with Crippen LogP contribution in [0.25, 0.3) is 31.8 Å². The number of carbonyl (C=O) groups is 5. The first kappa shape index (κ1) is 61.3. The third-order valence-electron chi connectivity index (χ3n) is 16.6. The van der Waals surface area contributed by atoms with E-state index in [2.05, 4.69) is 69.8 Å². The van der Waals surface area contributed by atoms with Gasteiger partial charge in [0.1, 0.15) is 40.7 Å². The SMILES string of the molecule is [C-]#[N+]c1c(C(=O)OC2C(C)CC(C)CC2C)c2nc(CC)[nH]n2c1OC(=O)c1ccncc1C.[C-]#[N+]c1c(C(=O)OC2C(C)CCCC2C)c2nc(C(C)CNC(=O)C(CC)Oc3ccc(C)cc3C)[nH]n2c1OC(=O)c1ccc2ccccc2c1. The zero-order chi connectivity index (χ0) is 61.7. The van der Waals surface area contributed by atoms with Crippen molar-refractivity contribution in [2.24, 2.45) is 29.6 Å². The second-order valence-corrected chi connectivity index (χ2v) is 23.3. The van der Waals surface area contributed by atoms with Gasteiger partial charge in [-0.15, -0.1) is 0 Å². The van der Waals surface area contributed by atoms with Crippen molar-refractivity contribution >= 4 is 63.2 Å². The Morgan fingerprint density at radius 2 is 1.31 bits per heavy atom. The van der Waals surface area contributed by atoms with E-state index in [0.29, 0.717) is 47.3 Å². The molecule has 10 rings (SSSR count). The zero-order valence-electron chi connectivity index (χ0n) is 50.6. The van der Waals surface area contributed by atoms with Crippen LogP contribution in [0.2, 0.25) is 0 Å². The molecule has 20 nitrogen and oxygen atoms in total. The molecule has 6 unspecified atom stereocenters. The number of nitrogens with one attached hydrogen (secondary N) is 3. The quantitative estimate of drug-likeness (QED) is 0.0604. The molecule has 8 aromatic rings. The van der Waals surface area contributed by atoms with Crippen LogP contribution < -0.4 is 19.5 Å². The van der Waals surface area contributed by atoms with Crippen molar-refractivity contribution in [1.82, 2.24) is 39.5 Å². The fourth-order valence-corrected chi connectivity index (χ4v) is 12.0. The lowest BCUT2D eigenvalue weighted by atomic mass is 9.75. The summed E-state index contributed by atoms with van der Waals surface area (Å²) in [5, 5.41) is 10.9. The number of aromatic amines is 2. The largest absolute Gasteiger partial charge is 0.480 e. The van der Waals surface area contributed by atoms with E-state index in [4.69, 9.17) is 41.8 Å². The van der Waals surface area contributed by atoms with Gasteiger partial charge in [0.25, 0.3) is 17.3 Å². The highest BCUT2D eigenvalue weighted by molar-refractivity contribution is 6.07. The van der Waals surface area contributed by atoms with Crippen molar-refractivity contribution in [3.05, 3.63) is 153 Å². The number of aromatic nitrogens is 7. The van der Waals surface area contributed by atoms with Crippen molar-refractivity contribution in [2.45, 2.75) is 145 Å². The average molecular weight is 1170 g/mol. The lowest BCUT2D eigenvalue weighted by molar-refractivity contribution is -0.128. The van der Waals surface area contributed by atoms with Crippen LogP contribution in [0.15, 0.2) is 79.1 Å². The molecule has 0 radical (unpaired) electrons. The number of rotatable bonds is 16. The lowest BCUT2D eigenvalue weighted by Gasteiger charge is -2.37. The molecule has 0 saturated heterocycles. The van der Waals surface area contributed by atoms with Crippen molar-refractivity contribution in [2.75, 3.05) is 6.54 Å². The van der Waals surface area contributed by atoms with Gasteiger partial charge in [-0.3, -0.25) is 20.0 Å². The number of ether oxygens (including phenoxy) is 5. The van der Waals surface area contributed by atoms with Gasteiger partial charge < -0.3 is 29.0 Å². The van der Waals surface area contributed by atoms with Crippen molar-refractivity contribution < 1.29 is 47.7 Å². The van der Waals surface area contributed by atoms with Crippen molar-refractivity contribution in [3.63, 3.8) is 0 Å². The predicted molar refractivity (Wildman–Crippen MR) is 323 cm³/mol. The van der Waals surface area contributed by atoms with E-state index in [1.165, 1.54) is 15.2 Å². The summed E-state index contributed by atoms with van der Waals surface area (Å²) in [6.07, 6.45) is 7.66. The van der Waals surface area contributed by atoms with Crippen LogP contribution in [-0.2, 0) is 20.7 Å². The Labute approximate surface area is 499 Å². The number of aryl methyl sites for hydroxylation is 4. The number of pyridine rings is 1. The van der Waals surface area contributed by atoms with Gasteiger partial charge >= 0.3 is 23.9 Å². The lowest BCUT2D eigenvalue weighted by Crippen LogP contribution is -2.39. The van der Waals surface area contributed by atoms with Gasteiger partial charge in [0.2, 0.25) is 11.8 Å². The monoisotopic (exact) mass is 1170 g/mol. The maximum absolute atomic E-state index is 14.0. The summed E-state index contributed by atoms with van der Waals surface area (Å²) in [5.74, 6) is -0.635. The van der Waals surface area contributed by atoms with Gasteiger partial charge in [0.05, 0.1) is 24.3 Å². The number of nitrogens with zero attached hydrogens (tertiary/aromatic N) is 7. The molecule has 1 amide bonds. The highest BCUT2D eigenvalue weighted by Crippen LogP contribution is 2.43. The molecule has 5 aromatic heterocycles. The number of carbonyl (C=O) groups excluding carboxylic acids is 5. The summed E-state index contributed by atoms with van der Waals surface area (Å²) in [6, 6.07) is 20.2. The third-order valence-corrected chi connectivity index (χ3v) is 16.6. The Morgan fingerprint density at radius 3 is 1.92 bits per heavy atom. The maximum Gasteiger partial charge on any atom is 0.344 e. The molecule has 0 spiro atoms. The van der Waals surface area contributed by atoms with Crippen molar-refractivity contribution in [1.29, 1.82) is 0 Å². The third kappa shape index (κ3) is 12.8. The van der Waals surface area contributed by atoms with E-state index in [1.807, 2.05) is 83.1 Å². The van der Waals surface area contributed by atoms with Crippen molar-refractivity contribution in [3.8, 4) is 17.5 Å². The second kappa shape index (κ2) is 26.3. The van der Waals surface area contributed by atoms with Crippen LogP contribution in [0.5, 0.6) is 17.5 Å². The van der Waals surface area contributed by atoms with Gasteiger partial charge in [0, 0.05) is 31.3 Å². The Balaban J connectivity index is 0.000000224. The number of hydrogen-bond acceptors (Lipinski definition) is 13. The van der Waals surface area contributed by atoms with Crippen LogP contribution in [0, 0.1) is 63.5 Å². The maximum atomic E-state index is 14.0. The first-order valence-electron chi connectivity index (χ1n) is 29.5. The molecular weight excluding hydrogens is 1090 g/mol. The Hall–Kier alpha value is -9.30. The van der Waals surface area contributed by atoms with E-state index in [-0.39, 0.29) is 105 Å². The second-order valence-electron chi connectivity index (χ2n) is 23.3. The van der Waals surface area contributed by atoms with E-state index in [0.717, 1.165) is 54.0 Å². The number of amides is 1. The standard InChI is InChI=1S/C41H45N5O6.C25H29N5O4/c1-8-31(50-32-19-16-23(2)20-26(32)5)38(47)43-22-27(6)36-44-37-33(41(49)51-35-24(3)12-11-13-25(35)4)34(42-7)39(46(37)45-36)52-40(48)30-18-17-28-14-9-10-15-29(28)21-30;1-7-18-28-22-19(25(32)33-21-14(3)10-13(2)11-15(21)4)20(26-6)23(30(22)29-18)34-24(31)17-8-9-27-12-16(17)5/h9-10,14-21,24-25,27,31,35H,8,11-13,22H2,1-6H3,(H,43,47)(H,44,45);8-9,12-15,21H,7,10-11H2,1-5H3,(H,28,29). The first-order valence-corrected chi connectivity index (χ1v) is 29.5. The number of hydrogen-bond donors (Lipinski definition) is 3. The van der Waals surface area contributed by atoms with E-state index >= 15 is 0 Å². The fourth-order valence-electron chi connectivity index (χ4n) is 12.0. The summed E-state index contributed by atoms with van der Waals surface area (Å²) in [4.78, 5) is 87.6. The average Bonchev–Trinajstić information content (AvgIpc) is 1.78. The minimum Gasteiger partial charge on any atom is -0.480 e. The molecular formula is C66H74N10O10. The summed E-state index contributed by atoms with van der Waals surface area (Å²) < 4.78 is 32.4. The normalized spacial score (nSPS) is 19.9. The van der Waals surface area contributed by atoms with Crippen LogP contribution in [0.3, 0.4) is 0 Å². The summed E-state index contributed by atoms with van der Waals surface area (Å²) in [6.45, 7) is 37.9. The zero-order valence-corrected chi connectivity index (χ0v) is 50.6. The molecule has 3 aromatic carbocycles. The molecule has 6 atom stereocenters. The molecule has 2 aliphatic rings. The van der Waals surface area contributed by atoms with Crippen LogP contribution in [-0.4, -0.2) is 88.8 Å². The van der Waals surface area contributed by atoms with Crippen LogP contribution >= 0.6 is 0 Å². The first-order chi connectivity index (χ1) is 41.2. The molecule has 2 fully saturated rings. The topological polar surface area (TPSA) is 231 Å². The van der Waals surface area contributed by atoms with Gasteiger partial charge in [-0.05, 0) is 129 Å². The van der Waals surface area contributed by atoms with Gasteiger partial charge in [-0.25, -0.2) is 47.9 Å². The number of esters is 4. The van der Waals surface area contributed by atoms with Gasteiger partial charge in [-0.2, -0.15) is 0 Å². The minimum atomic E-state index is -0.700. The number of benzene rings is 3. The Morgan fingerprint density at radius 1 is 0.709 bits per heavy atom. The Bertz CT molecular complexity index is 3930. The van der Waals surface area contributed by atoms with E-state index in [9.17, 15) is 24.0 Å². The molecule has 3 N–H and O–H groups in total. The van der Waals surface area contributed by atoms with E-state index in [1.54, 1.807) is 31.3 Å². The smallest absolute Gasteiger partial charge is 0.344 e. The van der Waals surface area contributed by atoms with Gasteiger partial charge in [-0.1, -0.05) is 110 Å². The number of fused-ring (bicyclic) bond motifs is 3. The molecule has 86 heavy (non-hydrogen) atoms. The summed E-state index contributed by atoms with van der Waals surface area (Å²) in [7, 11) is 0. The summed E-state index contributed by atoms with van der Waals surface area (Å²) >= 11 is 0. The number of H-pyrrole nitrogens is 2. The molecule has 0 bridgehead atoms. The van der Waals surface area contributed by atoms with Crippen LogP contribution in [0.4, 0.5) is 11.4 Å². The predicted octanol–water partition coefficient (Wildman–Crippen LogP) is 13.2. The molecule has 0 aliphatic heterocycles. The molecule has 5 heterocycles. The van der Waals surface area contributed by atoms with Crippen LogP contribution in [0.1, 0.15) is 170 Å².